The van der Waals surface area contributed by atoms with E-state index in [0.29, 0.717) is 5.56 Å². The van der Waals surface area contributed by atoms with Crippen molar-refractivity contribution in [3.05, 3.63) is 58.7 Å². The van der Waals surface area contributed by atoms with Crippen LogP contribution in [0.5, 0.6) is 0 Å². The highest BCUT2D eigenvalue weighted by Crippen LogP contribution is 2.33. The first-order valence-corrected chi connectivity index (χ1v) is 7.91. The number of carbonyl (C=O) groups excluding carboxylic acids is 2. The molecule has 2 aromatic rings. The number of pyridine rings is 1. The van der Waals surface area contributed by atoms with Crippen LogP contribution in [0, 0.1) is 6.92 Å². The van der Waals surface area contributed by atoms with Crippen molar-refractivity contribution in [3.8, 4) is 0 Å². The normalized spacial score (nSPS) is 13.4. The molecule has 0 saturated carbocycles. The second-order valence-electron chi connectivity index (χ2n) is 5.50. The number of hydrogen-bond acceptors (Lipinski definition) is 5. The summed E-state index contributed by atoms with van der Waals surface area (Å²) in [5, 5.41) is 3.83. The number of aryl methyl sites for hydroxylation is 1. The third kappa shape index (κ3) is 4.30. The van der Waals surface area contributed by atoms with Gasteiger partial charge in [-0.15, -0.1) is 0 Å². The average molecular weight is 402 g/mol. The van der Waals surface area contributed by atoms with E-state index in [1.807, 2.05) is 5.32 Å². The van der Waals surface area contributed by atoms with E-state index in [1.165, 1.54) is 49.5 Å². The number of anilines is 1. The van der Waals surface area contributed by atoms with Crippen molar-refractivity contribution in [2.75, 3.05) is 12.4 Å². The number of rotatable bonds is 5. The van der Waals surface area contributed by atoms with Gasteiger partial charge in [-0.25, -0.2) is 9.78 Å². The molecule has 10 heteroatoms. The molecular formula is C17H15ClF3N3O3. The molecule has 0 fully saturated rings. The topological polar surface area (TPSA) is 80.3 Å². The van der Waals surface area contributed by atoms with Crippen molar-refractivity contribution in [2.45, 2.75) is 18.8 Å². The Bertz CT molecular complexity index is 861. The molecule has 27 heavy (non-hydrogen) atoms. The average Bonchev–Trinajstić information content (AvgIpc) is 2.61. The van der Waals surface area contributed by atoms with Crippen molar-refractivity contribution in [3.63, 3.8) is 0 Å². The van der Waals surface area contributed by atoms with Gasteiger partial charge < -0.3 is 15.4 Å². The van der Waals surface area contributed by atoms with Gasteiger partial charge in [0.1, 0.15) is 5.82 Å². The highest BCUT2D eigenvalue weighted by atomic mass is 35.5. The lowest BCUT2D eigenvalue weighted by Crippen LogP contribution is -2.69. The summed E-state index contributed by atoms with van der Waals surface area (Å²) in [6.45, 7) is 1.49. The molecule has 144 valence electrons. The summed E-state index contributed by atoms with van der Waals surface area (Å²) in [6.07, 6.45) is -4.01. The largest absolute Gasteiger partial charge is 0.466 e. The van der Waals surface area contributed by atoms with Crippen LogP contribution in [0.25, 0.3) is 0 Å². The number of hydrogen-bond donors (Lipinski definition) is 2. The molecule has 0 spiro atoms. The van der Waals surface area contributed by atoms with E-state index in [2.05, 4.69) is 9.72 Å². The first-order valence-electron chi connectivity index (χ1n) is 7.54. The minimum absolute atomic E-state index is 0.145. The predicted octanol–water partition coefficient (Wildman–Crippen LogP) is 3.32. The van der Waals surface area contributed by atoms with E-state index in [4.69, 9.17) is 11.6 Å². The van der Waals surface area contributed by atoms with Gasteiger partial charge in [0, 0.05) is 16.8 Å². The quantitative estimate of drug-likeness (QED) is 0.593. The summed E-state index contributed by atoms with van der Waals surface area (Å²) in [5.41, 5.74) is -3.40. The smallest absolute Gasteiger partial charge is 0.441 e. The highest BCUT2D eigenvalue weighted by Gasteiger charge is 2.63. The number of alkyl halides is 3. The summed E-state index contributed by atoms with van der Waals surface area (Å²) < 4.78 is 46.2. The van der Waals surface area contributed by atoms with Crippen LogP contribution in [0.2, 0.25) is 5.02 Å². The zero-order valence-electron chi connectivity index (χ0n) is 14.2. The van der Waals surface area contributed by atoms with Gasteiger partial charge in [0.05, 0.1) is 7.11 Å². The number of aromatic nitrogens is 1. The Kier molecular flexibility index (Phi) is 5.94. The van der Waals surface area contributed by atoms with E-state index in [0.717, 1.165) is 7.11 Å². The first kappa shape index (κ1) is 20.5. The minimum Gasteiger partial charge on any atom is -0.466 e. The molecule has 0 aliphatic heterocycles. The van der Waals surface area contributed by atoms with Crippen LogP contribution in [0.15, 0.2) is 42.6 Å². The van der Waals surface area contributed by atoms with Gasteiger partial charge in [0.15, 0.2) is 0 Å². The van der Waals surface area contributed by atoms with E-state index in [1.54, 1.807) is 5.32 Å². The fourth-order valence-corrected chi connectivity index (χ4v) is 2.40. The van der Waals surface area contributed by atoms with E-state index < -0.39 is 23.7 Å². The fourth-order valence-electron chi connectivity index (χ4n) is 2.21. The number of halogens is 4. The molecule has 0 saturated heterocycles. The van der Waals surface area contributed by atoms with Gasteiger partial charge in [-0.3, -0.25) is 4.79 Å². The molecule has 1 heterocycles. The molecule has 1 aromatic heterocycles. The van der Waals surface area contributed by atoms with Crippen LogP contribution in [0.1, 0.15) is 15.9 Å². The molecule has 2 N–H and O–H groups in total. The number of amides is 1. The zero-order valence-corrected chi connectivity index (χ0v) is 15.0. The number of nitrogens with one attached hydrogen (secondary N) is 2. The van der Waals surface area contributed by atoms with Gasteiger partial charge in [0.2, 0.25) is 0 Å². The third-order valence-corrected chi connectivity index (χ3v) is 3.86. The maximum atomic E-state index is 14.0. The Balaban J connectivity index is 2.52. The van der Waals surface area contributed by atoms with Crippen molar-refractivity contribution in [2.24, 2.45) is 0 Å². The van der Waals surface area contributed by atoms with Crippen LogP contribution < -0.4 is 10.6 Å². The zero-order chi connectivity index (χ0) is 20.2. The lowest BCUT2D eigenvalue weighted by atomic mass is 10.1. The van der Waals surface area contributed by atoms with Crippen LogP contribution >= 0.6 is 11.6 Å². The SMILES string of the molecule is COC(=O)C(NC(=O)c1cccc(Cl)c1)(Nc1ncccc1C)C(F)(F)F. The molecular weight excluding hydrogens is 387 g/mol. The van der Waals surface area contributed by atoms with Gasteiger partial charge in [-0.1, -0.05) is 23.7 Å². The number of methoxy groups -OCH3 is 1. The fraction of sp³-hybridized carbons (Fsp3) is 0.235. The molecule has 1 amide bonds. The molecule has 1 unspecified atom stereocenters. The standard InChI is InChI=1S/C17H15ClF3N3O3/c1-10-5-4-8-22-13(10)23-16(15(26)27-2,17(19,20)21)24-14(25)11-6-3-7-12(18)9-11/h3-9H,1-2H3,(H,22,23)(H,24,25). The number of esters is 1. The molecule has 6 nitrogen and oxygen atoms in total. The Morgan fingerprint density at radius 3 is 2.44 bits per heavy atom. The Hall–Kier alpha value is -2.81. The summed E-state index contributed by atoms with van der Waals surface area (Å²) in [7, 11) is 0.779. The number of nitrogens with zero attached hydrogens (tertiary/aromatic N) is 1. The third-order valence-electron chi connectivity index (χ3n) is 3.62. The second kappa shape index (κ2) is 7.83. The molecule has 0 aliphatic carbocycles. The molecule has 0 aliphatic rings. The molecule has 0 radical (unpaired) electrons. The van der Waals surface area contributed by atoms with Crippen LogP contribution in [-0.2, 0) is 9.53 Å². The molecule has 1 atom stereocenters. The lowest BCUT2D eigenvalue weighted by Gasteiger charge is -2.35. The number of benzene rings is 1. The highest BCUT2D eigenvalue weighted by molar-refractivity contribution is 6.31. The summed E-state index contributed by atoms with van der Waals surface area (Å²) in [6, 6.07) is 8.27. The number of ether oxygens (including phenoxy) is 1. The summed E-state index contributed by atoms with van der Waals surface area (Å²) in [5.74, 6) is -3.18. The maximum Gasteiger partial charge on any atom is 0.441 e. The monoisotopic (exact) mass is 401 g/mol. The van der Waals surface area contributed by atoms with Crippen molar-refractivity contribution < 1.29 is 27.5 Å². The van der Waals surface area contributed by atoms with Gasteiger partial charge in [0.25, 0.3) is 5.91 Å². The minimum atomic E-state index is -5.25. The van der Waals surface area contributed by atoms with Crippen molar-refractivity contribution in [1.82, 2.24) is 10.3 Å². The predicted molar refractivity (Wildman–Crippen MR) is 92.3 cm³/mol. The summed E-state index contributed by atoms with van der Waals surface area (Å²) in [4.78, 5) is 28.4. The van der Waals surface area contributed by atoms with Crippen LogP contribution in [-0.4, -0.2) is 35.8 Å². The molecule has 0 bridgehead atoms. The van der Waals surface area contributed by atoms with Crippen molar-refractivity contribution in [1.29, 1.82) is 0 Å². The Labute approximate surface area is 157 Å². The molecule has 2 rings (SSSR count). The summed E-state index contributed by atoms with van der Waals surface area (Å²) >= 11 is 5.77. The van der Waals surface area contributed by atoms with E-state index in [-0.39, 0.29) is 16.4 Å². The van der Waals surface area contributed by atoms with Crippen LogP contribution in [0.3, 0.4) is 0 Å². The Morgan fingerprint density at radius 2 is 1.89 bits per heavy atom. The maximum absolute atomic E-state index is 14.0. The van der Waals surface area contributed by atoms with E-state index >= 15 is 0 Å². The van der Waals surface area contributed by atoms with E-state index in [9.17, 15) is 22.8 Å². The van der Waals surface area contributed by atoms with Gasteiger partial charge in [-0.2, -0.15) is 13.2 Å². The number of carbonyl (C=O) groups is 2. The molecule has 1 aromatic carbocycles. The van der Waals surface area contributed by atoms with Gasteiger partial charge >= 0.3 is 17.8 Å². The lowest BCUT2D eigenvalue weighted by molar-refractivity contribution is -0.203. The first-order chi connectivity index (χ1) is 12.6. The van der Waals surface area contributed by atoms with Crippen LogP contribution in [0.4, 0.5) is 19.0 Å². The van der Waals surface area contributed by atoms with Gasteiger partial charge in [-0.05, 0) is 36.8 Å². The second-order valence-corrected chi connectivity index (χ2v) is 5.93. The Morgan fingerprint density at radius 1 is 1.19 bits per heavy atom. The van der Waals surface area contributed by atoms with Crippen molar-refractivity contribution >= 4 is 29.3 Å².